The molecule has 0 spiro atoms. The predicted molar refractivity (Wildman–Crippen MR) is 74.8 cm³/mol. The van der Waals surface area contributed by atoms with E-state index in [4.69, 9.17) is 0 Å². The fourth-order valence-electron chi connectivity index (χ4n) is 2.40. The average Bonchev–Trinajstić information content (AvgIpc) is 2.85. The minimum atomic E-state index is -0.832. The van der Waals surface area contributed by atoms with Crippen molar-refractivity contribution in [1.82, 2.24) is 10.2 Å². The second kappa shape index (κ2) is 6.05. The highest BCUT2D eigenvalue weighted by Gasteiger charge is 2.29. The molecule has 0 bridgehead atoms. The Morgan fingerprint density at radius 3 is 2.65 bits per heavy atom. The van der Waals surface area contributed by atoms with E-state index in [-0.39, 0.29) is 25.0 Å². The molecule has 1 saturated heterocycles. The lowest BCUT2D eigenvalue weighted by Gasteiger charge is -2.30. The summed E-state index contributed by atoms with van der Waals surface area (Å²) in [5, 5.41) is 12.4. The Hall–Kier alpha value is -1.88. The Morgan fingerprint density at radius 1 is 1.40 bits per heavy atom. The quantitative estimate of drug-likeness (QED) is 0.829. The van der Waals surface area contributed by atoms with Gasteiger partial charge in [-0.15, -0.1) is 0 Å². The van der Waals surface area contributed by atoms with Crippen LogP contribution in [0.1, 0.15) is 25.3 Å². The Balaban J connectivity index is 2.02. The molecule has 1 atom stereocenters. The number of hydrogen-bond donors (Lipinski definition) is 2. The summed E-state index contributed by atoms with van der Waals surface area (Å²) in [5.41, 5.74) is 0.00444. The maximum absolute atomic E-state index is 12.1. The molecule has 2 N–H and O–H groups in total. The molecule has 1 unspecified atom stereocenters. The number of amides is 2. The number of hydrogen-bond acceptors (Lipinski definition) is 3. The van der Waals surface area contributed by atoms with Crippen molar-refractivity contribution in [2.24, 2.45) is 0 Å². The molecular weight excluding hydrogens is 256 g/mol. The Kier molecular flexibility index (Phi) is 4.39. The van der Waals surface area contributed by atoms with Gasteiger partial charge in [0, 0.05) is 13.0 Å². The highest BCUT2D eigenvalue weighted by molar-refractivity contribution is 5.86. The maximum atomic E-state index is 12.1. The summed E-state index contributed by atoms with van der Waals surface area (Å²) in [4.78, 5) is 25.1. The van der Waals surface area contributed by atoms with Crippen molar-refractivity contribution in [3.8, 4) is 0 Å². The summed E-state index contributed by atoms with van der Waals surface area (Å²) in [6.45, 7) is 2.26. The molecule has 5 heteroatoms. The van der Waals surface area contributed by atoms with Crippen LogP contribution in [0.3, 0.4) is 0 Å². The third-order valence-corrected chi connectivity index (χ3v) is 3.65. The third kappa shape index (κ3) is 3.17. The summed E-state index contributed by atoms with van der Waals surface area (Å²) in [7, 11) is 0. The number of carbonyl (C=O) groups is 2. The Labute approximate surface area is 118 Å². The first-order chi connectivity index (χ1) is 9.55. The second-order valence-electron chi connectivity index (χ2n) is 5.32. The van der Waals surface area contributed by atoms with E-state index < -0.39 is 5.54 Å². The van der Waals surface area contributed by atoms with Gasteiger partial charge in [0.25, 0.3) is 0 Å². The molecule has 108 valence electrons. The Morgan fingerprint density at radius 2 is 2.10 bits per heavy atom. The lowest BCUT2D eigenvalue weighted by molar-refractivity contribution is -0.134. The molecule has 0 aliphatic carbocycles. The number of carbonyl (C=O) groups excluding carboxylic acids is 2. The molecule has 0 saturated carbocycles. The number of aliphatic hydroxyl groups is 1. The minimum Gasteiger partial charge on any atom is -0.394 e. The van der Waals surface area contributed by atoms with Crippen LogP contribution in [0.15, 0.2) is 30.3 Å². The van der Waals surface area contributed by atoms with Gasteiger partial charge in [0.05, 0.1) is 18.7 Å². The molecule has 1 aromatic rings. The van der Waals surface area contributed by atoms with Gasteiger partial charge in [-0.1, -0.05) is 30.3 Å². The van der Waals surface area contributed by atoms with Gasteiger partial charge in [0.15, 0.2) is 0 Å². The lowest BCUT2D eigenvalue weighted by atomic mass is 9.93. The van der Waals surface area contributed by atoms with E-state index in [9.17, 15) is 14.7 Å². The zero-order chi connectivity index (χ0) is 14.6. The minimum absolute atomic E-state index is 0.0190. The number of nitrogens with zero attached hydrogens (tertiary/aromatic N) is 1. The van der Waals surface area contributed by atoms with E-state index in [1.54, 1.807) is 11.8 Å². The van der Waals surface area contributed by atoms with Crippen LogP contribution in [0.25, 0.3) is 0 Å². The summed E-state index contributed by atoms with van der Waals surface area (Å²) in [5.74, 6) is -0.230. The first kappa shape index (κ1) is 14.5. The first-order valence-electron chi connectivity index (χ1n) is 6.80. The molecule has 2 rings (SSSR count). The van der Waals surface area contributed by atoms with Gasteiger partial charge in [0.2, 0.25) is 11.8 Å². The highest BCUT2D eigenvalue weighted by atomic mass is 16.3. The topological polar surface area (TPSA) is 69.6 Å². The van der Waals surface area contributed by atoms with E-state index in [1.807, 2.05) is 30.3 Å². The molecule has 1 fully saturated rings. The molecule has 1 aliphatic rings. The van der Waals surface area contributed by atoms with E-state index in [0.717, 1.165) is 12.0 Å². The normalized spacial score (nSPS) is 17.9. The van der Waals surface area contributed by atoms with E-state index >= 15 is 0 Å². The first-order valence-corrected chi connectivity index (χ1v) is 6.80. The van der Waals surface area contributed by atoms with Gasteiger partial charge < -0.3 is 15.3 Å². The number of rotatable bonds is 5. The molecule has 2 amide bonds. The van der Waals surface area contributed by atoms with Crippen molar-refractivity contribution in [2.45, 2.75) is 25.3 Å². The molecule has 1 aromatic carbocycles. The highest BCUT2D eigenvalue weighted by Crippen LogP contribution is 2.20. The molecule has 20 heavy (non-hydrogen) atoms. The maximum Gasteiger partial charge on any atom is 0.240 e. The largest absolute Gasteiger partial charge is 0.394 e. The van der Waals surface area contributed by atoms with E-state index in [2.05, 4.69) is 5.32 Å². The summed E-state index contributed by atoms with van der Waals surface area (Å²) in [6.07, 6.45) is 1.32. The van der Waals surface area contributed by atoms with Gasteiger partial charge in [-0.25, -0.2) is 0 Å². The van der Waals surface area contributed by atoms with Gasteiger partial charge in [-0.2, -0.15) is 0 Å². The molecule has 1 aliphatic heterocycles. The Bertz CT molecular complexity index is 489. The van der Waals surface area contributed by atoms with E-state index in [0.29, 0.717) is 13.0 Å². The van der Waals surface area contributed by atoms with Crippen molar-refractivity contribution < 1.29 is 14.7 Å². The van der Waals surface area contributed by atoms with Crippen LogP contribution in [0.2, 0.25) is 0 Å². The van der Waals surface area contributed by atoms with Crippen LogP contribution >= 0.6 is 0 Å². The SMILES string of the molecule is CC(CO)(NC(=O)CN1CCCC1=O)c1ccccc1. The molecule has 5 nitrogen and oxygen atoms in total. The van der Waals surface area contributed by atoms with Crippen LogP contribution in [0.5, 0.6) is 0 Å². The van der Waals surface area contributed by atoms with Crippen molar-refractivity contribution in [3.63, 3.8) is 0 Å². The fourth-order valence-corrected chi connectivity index (χ4v) is 2.40. The molecule has 1 heterocycles. The molecular formula is C15H20N2O3. The number of aliphatic hydroxyl groups excluding tert-OH is 1. The van der Waals surface area contributed by atoms with Crippen LogP contribution < -0.4 is 5.32 Å². The third-order valence-electron chi connectivity index (χ3n) is 3.65. The number of likely N-dealkylation sites (tertiary alicyclic amines) is 1. The van der Waals surface area contributed by atoms with Crippen molar-refractivity contribution in [3.05, 3.63) is 35.9 Å². The van der Waals surface area contributed by atoms with Crippen molar-refractivity contribution in [2.75, 3.05) is 19.7 Å². The van der Waals surface area contributed by atoms with Gasteiger partial charge >= 0.3 is 0 Å². The fraction of sp³-hybridized carbons (Fsp3) is 0.467. The van der Waals surface area contributed by atoms with Crippen LogP contribution in [-0.4, -0.2) is 41.5 Å². The smallest absolute Gasteiger partial charge is 0.240 e. The zero-order valence-electron chi connectivity index (χ0n) is 11.6. The predicted octanol–water partition coefficient (Wildman–Crippen LogP) is 0.633. The average molecular weight is 276 g/mol. The van der Waals surface area contributed by atoms with Crippen LogP contribution in [0.4, 0.5) is 0 Å². The van der Waals surface area contributed by atoms with E-state index in [1.165, 1.54) is 0 Å². The monoisotopic (exact) mass is 276 g/mol. The second-order valence-corrected chi connectivity index (χ2v) is 5.32. The standard InChI is InChI=1S/C15H20N2O3/c1-15(11-18,12-6-3-2-4-7-12)16-13(19)10-17-9-5-8-14(17)20/h2-4,6-7,18H,5,8-11H2,1H3,(H,16,19). The summed E-state index contributed by atoms with van der Waals surface area (Å²) >= 11 is 0. The summed E-state index contributed by atoms with van der Waals surface area (Å²) < 4.78 is 0. The molecule has 0 aromatic heterocycles. The molecule has 0 radical (unpaired) electrons. The van der Waals surface area contributed by atoms with Crippen molar-refractivity contribution >= 4 is 11.8 Å². The van der Waals surface area contributed by atoms with Crippen LogP contribution in [0, 0.1) is 0 Å². The number of nitrogens with one attached hydrogen (secondary N) is 1. The van der Waals surface area contributed by atoms with Crippen molar-refractivity contribution in [1.29, 1.82) is 0 Å². The van der Waals surface area contributed by atoms with Gasteiger partial charge in [-0.3, -0.25) is 9.59 Å². The lowest BCUT2D eigenvalue weighted by Crippen LogP contribution is -2.49. The van der Waals surface area contributed by atoms with Crippen LogP contribution in [-0.2, 0) is 15.1 Å². The summed E-state index contributed by atoms with van der Waals surface area (Å²) in [6, 6.07) is 9.32. The number of benzene rings is 1. The zero-order valence-corrected chi connectivity index (χ0v) is 11.6. The van der Waals surface area contributed by atoms with Gasteiger partial charge in [-0.05, 0) is 18.9 Å². The van der Waals surface area contributed by atoms with Gasteiger partial charge in [0.1, 0.15) is 0 Å².